The Hall–Kier alpha value is -1.63. The van der Waals surface area contributed by atoms with Crippen LogP contribution in [0.2, 0.25) is 0 Å². The Labute approximate surface area is 114 Å². The van der Waals surface area contributed by atoms with E-state index in [1.54, 1.807) is 4.90 Å². The second-order valence-electron chi connectivity index (χ2n) is 5.32. The molecule has 0 radical (unpaired) electrons. The highest BCUT2D eigenvalue weighted by molar-refractivity contribution is 5.94. The maximum absolute atomic E-state index is 12.4. The number of hydrogen-bond acceptors (Lipinski definition) is 3. The lowest BCUT2D eigenvalue weighted by Crippen LogP contribution is -2.32. The number of nitrogens with one attached hydrogen (secondary N) is 1. The van der Waals surface area contributed by atoms with E-state index in [9.17, 15) is 18.0 Å². The molecule has 2 saturated heterocycles. The third-order valence-electron chi connectivity index (χ3n) is 3.98. The van der Waals surface area contributed by atoms with Crippen molar-refractivity contribution in [1.29, 1.82) is 0 Å². The Morgan fingerprint density at radius 2 is 1.90 bits per heavy atom. The summed E-state index contributed by atoms with van der Waals surface area (Å²) in [4.78, 5) is 17.3. The van der Waals surface area contributed by atoms with Gasteiger partial charge < -0.3 is 10.2 Å². The molecule has 20 heavy (non-hydrogen) atoms. The summed E-state index contributed by atoms with van der Waals surface area (Å²) in [6.07, 6.45) is -3.46. The van der Waals surface area contributed by atoms with Crippen LogP contribution in [0.5, 0.6) is 0 Å². The van der Waals surface area contributed by atoms with E-state index in [2.05, 4.69) is 10.3 Å². The standard InChI is InChI=1S/C13H14F3N3O/c14-13(15,16)11-2-1-8(5-18-11)12(20)19-6-9-3-17-4-10(9)7-19/h1-2,5,9-10,17H,3-4,6-7H2. The average molecular weight is 285 g/mol. The molecule has 2 unspecified atom stereocenters. The molecule has 4 nitrogen and oxygen atoms in total. The molecule has 2 aliphatic heterocycles. The van der Waals surface area contributed by atoms with Crippen molar-refractivity contribution in [2.45, 2.75) is 6.18 Å². The first-order chi connectivity index (χ1) is 9.45. The van der Waals surface area contributed by atoms with Crippen molar-refractivity contribution in [2.75, 3.05) is 26.2 Å². The fourth-order valence-corrected chi connectivity index (χ4v) is 2.89. The predicted octanol–water partition coefficient (Wildman–Crippen LogP) is 1.39. The van der Waals surface area contributed by atoms with Gasteiger partial charge in [-0.25, -0.2) is 0 Å². The van der Waals surface area contributed by atoms with Gasteiger partial charge in [-0.1, -0.05) is 0 Å². The van der Waals surface area contributed by atoms with Gasteiger partial charge >= 0.3 is 6.18 Å². The number of carbonyl (C=O) groups is 1. The summed E-state index contributed by atoms with van der Waals surface area (Å²) in [5, 5.41) is 3.27. The van der Waals surface area contributed by atoms with Crippen molar-refractivity contribution in [1.82, 2.24) is 15.2 Å². The number of fused-ring (bicyclic) bond motifs is 1. The van der Waals surface area contributed by atoms with E-state index in [4.69, 9.17) is 0 Å². The molecule has 0 bridgehead atoms. The van der Waals surface area contributed by atoms with Gasteiger partial charge in [-0.05, 0) is 24.0 Å². The van der Waals surface area contributed by atoms with Crippen LogP contribution in [-0.2, 0) is 6.18 Å². The summed E-state index contributed by atoms with van der Waals surface area (Å²) >= 11 is 0. The van der Waals surface area contributed by atoms with Crippen molar-refractivity contribution < 1.29 is 18.0 Å². The zero-order chi connectivity index (χ0) is 14.3. The Bertz CT molecular complexity index is 503. The number of amides is 1. The molecule has 0 aromatic carbocycles. The molecule has 3 heterocycles. The summed E-state index contributed by atoms with van der Waals surface area (Å²) in [5.41, 5.74) is -0.762. The van der Waals surface area contributed by atoms with Gasteiger partial charge in [0.2, 0.25) is 0 Å². The number of likely N-dealkylation sites (tertiary alicyclic amines) is 1. The number of aromatic nitrogens is 1. The predicted molar refractivity (Wildman–Crippen MR) is 65.0 cm³/mol. The second-order valence-corrected chi connectivity index (χ2v) is 5.32. The minimum atomic E-state index is -4.47. The van der Waals surface area contributed by atoms with Gasteiger partial charge in [-0.2, -0.15) is 13.2 Å². The van der Waals surface area contributed by atoms with E-state index in [1.807, 2.05) is 0 Å². The molecule has 108 valence electrons. The van der Waals surface area contributed by atoms with E-state index in [0.29, 0.717) is 24.9 Å². The molecular formula is C13H14F3N3O. The van der Waals surface area contributed by atoms with Crippen LogP contribution >= 0.6 is 0 Å². The van der Waals surface area contributed by atoms with Gasteiger partial charge in [0.25, 0.3) is 5.91 Å². The van der Waals surface area contributed by atoms with Gasteiger partial charge in [0.1, 0.15) is 5.69 Å². The molecule has 2 fully saturated rings. The Kier molecular flexibility index (Phi) is 3.16. The van der Waals surface area contributed by atoms with E-state index in [1.165, 1.54) is 6.07 Å². The Morgan fingerprint density at radius 1 is 1.25 bits per heavy atom. The van der Waals surface area contributed by atoms with Crippen molar-refractivity contribution >= 4 is 5.91 Å². The van der Waals surface area contributed by atoms with Gasteiger partial charge in [0, 0.05) is 32.4 Å². The fraction of sp³-hybridized carbons (Fsp3) is 0.538. The average Bonchev–Trinajstić information content (AvgIpc) is 2.97. The van der Waals surface area contributed by atoms with Crippen LogP contribution in [0.25, 0.3) is 0 Å². The number of rotatable bonds is 1. The summed E-state index contributed by atoms with van der Waals surface area (Å²) in [6.45, 7) is 3.13. The zero-order valence-electron chi connectivity index (χ0n) is 10.7. The lowest BCUT2D eigenvalue weighted by atomic mass is 10.0. The van der Waals surface area contributed by atoms with Crippen LogP contribution in [0.1, 0.15) is 16.1 Å². The van der Waals surface area contributed by atoms with Crippen LogP contribution < -0.4 is 5.32 Å². The molecular weight excluding hydrogens is 271 g/mol. The van der Waals surface area contributed by atoms with Crippen molar-refractivity contribution in [3.63, 3.8) is 0 Å². The first-order valence-corrected chi connectivity index (χ1v) is 6.48. The lowest BCUT2D eigenvalue weighted by Gasteiger charge is -2.17. The van der Waals surface area contributed by atoms with Gasteiger partial charge in [-0.15, -0.1) is 0 Å². The topological polar surface area (TPSA) is 45.2 Å². The normalized spacial score (nSPS) is 25.9. The third-order valence-corrected chi connectivity index (χ3v) is 3.98. The van der Waals surface area contributed by atoms with Crippen molar-refractivity contribution in [2.24, 2.45) is 11.8 Å². The number of halogens is 3. The number of carbonyl (C=O) groups excluding carboxylic acids is 1. The number of alkyl halides is 3. The van der Waals surface area contributed by atoms with Crippen LogP contribution in [0.3, 0.4) is 0 Å². The van der Waals surface area contributed by atoms with Crippen LogP contribution in [0, 0.1) is 11.8 Å². The quantitative estimate of drug-likeness (QED) is 0.848. The monoisotopic (exact) mass is 285 g/mol. The fourth-order valence-electron chi connectivity index (χ4n) is 2.89. The Morgan fingerprint density at radius 3 is 2.40 bits per heavy atom. The van der Waals surface area contributed by atoms with Crippen LogP contribution in [-0.4, -0.2) is 42.0 Å². The molecule has 0 aliphatic carbocycles. The van der Waals surface area contributed by atoms with Gasteiger partial charge in [0.15, 0.2) is 0 Å². The van der Waals surface area contributed by atoms with Crippen LogP contribution in [0.15, 0.2) is 18.3 Å². The molecule has 7 heteroatoms. The highest BCUT2D eigenvalue weighted by Crippen LogP contribution is 2.29. The van der Waals surface area contributed by atoms with Crippen LogP contribution in [0.4, 0.5) is 13.2 Å². The molecule has 0 saturated carbocycles. The number of hydrogen-bond donors (Lipinski definition) is 1. The molecule has 2 aliphatic rings. The van der Waals surface area contributed by atoms with E-state index in [-0.39, 0.29) is 11.5 Å². The summed E-state index contributed by atoms with van der Waals surface area (Å²) in [7, 11) is 0. The second kappa shape index (κ2) is 4.73. The smallest absolute Gasteiger partial charge is 0.338 e. The SMILES string of the molecule is O=C(c1ccc(C(F)(F)F)nc1)N1CC2CNCC2C1. The molecule has 0 spiro atoms. The maximum atomic E-state index is 12.4. The van der Waals surface area contributed by atoms with Crippen molar-refractivity contribution in [3.8, 4) is 0 Å². The third kappa shape index (κ3) is 2.37. The summed E-state index contributed by atoms with van der Waals surface area (Å²) in [6, 6.07) is 2.05. The minimum absolute atomic E-state index is 0.214. The first kappa shape index (κ1) is 13.4. The van der Waals surface area contributed by atoms with E-state index < -0.39 is 11.9 Å². The summed E-state index contributed by atoms with van der Waals surface area (Å²) in [5.74, 6) is 0.684. The molecule has 1 aromatic heterocycles. The van der Waals surface area contributed by atoms with Gasteiger partial charge in [0.05, 0.1) is 5.56 Å². The zero-order valence-corrected chi connectivity index (χ0v) is 10.7. The molecule has 1 N–H and O–H groups in total. The Balaban J connectivity index is 1.72. The largest absolute Gasteiger partial charge is 0.433 e. The van der Waals surface area contributed by atoms with E-state index in [0.717, 1.165) is 25.4 Å². The highest BCUT2D eigenvalue weighted by atomic mass is 19.4. The highest BCUT2D eigenvalue weighted by Gasteiger charge is 2.38. The molecule has 1 amide bonds. The molecule has 1 aromatic rings. The lowest BCUT2D eigenvalue weighted by molar-refractivity contribution is -0.141. The number of nitrogens with zero attached hydrogens (tertiary/aromatic N) is 2. The van der Waals surface area contributed by atoms with Gasteiger partial charge in [-0.3, -0.25) is 9.78 Å². The molecule has 2 atom stereocenters. The minimum Gasteiger partial charge on any atom is -0.338 e. The first-order valence-electron chi connectivity index (χ1n) is 6.48. The summed E-state index contributed by atoms with van der Waals surface area (Å²) < 4.78 is 37.2. The molecule has 3 rings (SSSR count). The van der Waals surface area contributed by atoms with Crippen molar-refractivity contribution in [3.05, 3.63) is 29.6 Å². The van der Waals surface area contributed by atoms with E-state index >= 15 is 0 Å². The number of pyridine rings is 1. The maximum Gasteiger partial charge on any atom is 0.433 e.